The van der Waals surface area contributed by atoms with Gasteiger partial charge in [0.1, 0.15) is 11.3 Å². The van der Waals surface area contributed by atoms with Crippen molar-refractivity contribution in [1.82, 2.24) is 9.61 Å². The van der Waals surface area contributed by atoms with E-state index in [2.05, 4.69) is 5.10 Å². The highest BCUT2D eigenvalue weighted by atomic mass is 35.5. The molecule has 0 saturated carbocycles. The lowest BCUT2D eigenvalue weighted by atomic mass is 10.4. The van der Waals surface area contributed by atoms with Crippen molar-refractivity contribution in [2.45, 2.75) is 0 Å². The maximum absolute atomic E-state index is 5.89. The first-order valence-corrected chi connectivity index (χ1v) is 3.86. The zero-order valence-corrected chi connectivity index (χ0v) is 7.25. The molecule has 0 spiro atoms. The number of pyridine rings is 1. The molecule has 0 bridgehead atoms. The maximum Gasteiger partial charge on any atom is 0.146 e. The van der Waals surface area contributed by atoms with Gasteiger partial charge in [-0.2, -0.15) is 5.10 Å². The summed E-state index contributed by atoms with van der Waals surface area (Å²) in [5, 5.41) is 4.64. The van der Waals surface area contributed by atoms with Gasteiger partial charge < -0.3 is 4.74 Å². The standard InChI is InChI=1S/C8H7ClN2O/c1-12-7-3-2-4-11-8(7)6(9)5-10-11/h2-5H,1H3. The van der Waals surface area contributed by atoms with E-state index >= 15 is 0 Å². The van der Waals surface area contributed by atoms with Crippen LogP contribution in [0.5, 0.6) is 5.75 Å². The van der Waals surface area contributed by atoms with Crippen LogP contribution in [-0.4, -0.2) is 16.7 Å². The minimum Gasteiger partial charge on any atom is -0.494 e. The lowest BCUT2D eigenvalue weighted by molar-refractivity contribution is 0.417. The molecule has 0 aliphatic carbocycles. The summed E-state index contributed by atoms with van der Waals surface area (Å²) in [6, 6.07) is 3.71. The van der Waals surface area contributed by atoms with Crippen LogP contribution in [0, 0.1) is 0 Å². The fourth-order valence-electron chi connectivity index (χ4n) is 1.14. The Bertz CT molecular complexity index is 410. The van der Waals surface area contributed by atoms with Gasteiger partial charge in [-0.05, 0) is 12.1 Å². The van der Waals surface area contributed by atoms with Crippen molar-refractivity contribution in [3.63, 3.8) is 0 Å². The molecule has 2 aromatic heterocycles. The monoisotopic (exact) mass is 182 g/mol. The molecule has 62 valence electrons. The predicted molar refractivity (Wildman–Crippen MR) is 46.8 cm³/mol. The highest BCUT2D eigenvalue weighted by molar-refractivity contribution is 6.34. The van der Waals surface area contributed by atoms with Crippen LogP contribution in [0.1, 0.15) is 0 Å². The molecule has 0 aromatic carbocycles. The first kappa shape index (κ1) is 7.43. The average molecular weight is 183 g/mol. The van der Waals surface area contributed by atoms with E-state index in [9.17, 15) is 0 Å². The molecule has 0 atom stereocenters. The van der Waals surface area contributed by atoms with Crippen LogP contribution >= 0.6 is 11.6 Å². The van der Waals surface area contributed by atoms with Gasteiger partial charge in [-0.3, -0.25) is 0 Å². The topological polar surface area (TPSA) is 26.5 Å². The molecule has 0 aliphatic rings. The molecule has 0 fully saturated rings. The van der Waals surface area contributed by atoms with E-state index in [4.69, 9.17) is 16.3 Å². The van der Waals surface area contributed by atoms with Gasteiger partial charge in [0, 0.05) is 6.20 Å². The number of rotatable bonds is 1. The van der Waals surface area contributed by atoms with Crippen molar-refractivity contribution in [2.24, 2.45) is 0 Å². The lowest BCUT2D eigenvalue weighted by Crippen LogP contribution is -1.89. The second kappa shape index (κ2) is 2.68. The summed E-state index contributed by atoms with van der Waals surface area (Å²) in [5.74, 6) is 0.736. The van der Waals surface area contributed by atoms with Crippen molar-refractivity contribution in [3.05, 3.63) is 29.5 Å². The number of hydrogen-bond acceptors (Lipinski definition) is 2. The largest absolute Gasteiger partial charge is 0.494 e. The van der Waals surface area contributed by atoms with Crippen LogP contribution in [-0.2, 0) is 0 Å². The van der Waals surface area contributed by atoms with Gasteiger partial charge in [-0.15, -0.1) is 0 Å². The van der Waals surface area contributed by atoms with Crippen molar-refractivity contribution in [1.29, 1.82) is 0 Å². The molecule has 4 heteroatoms. The number of aromatic nitrogens is 2. The van der Waals surface area contributed by atoms with Gasteiger partial charge in [0.2, 0.25) is 0 Å². The zero-order chi connectivity index (χ0) is 8.55. The van der Waals surface area contributed by atoms with Crippen LogP contribution in [0.25, 0.3) is 5.52 Å². The molecule has 0 unspecified atom stereocenters. The lowest BCUT2D eigenvalue weighted by Gasteiger charge is -2.01. The van der Waals surface area contributed by atoms with E-state index in [1.165, 1.54) is 0 Å². The average Bonchev–Trinajstić information content (AvgIpc) is 2.48. The van der Waals surface area contributed by atoms with Crippen LogP contribution in [0.4, 0.5) is 0 Å². The molecule has 0 amide bonds. The summed E-state index contributed by atoms with van der Waals surface area (Å²) in [6.45, 7) is 0. The molecule has 2 aromatic rings. The summed E-state index contributed by atoms with van der Waals surface area (Å²) < 4.78 is 6.80. The van der Waals surface area contributed by atoms with Crippen LogP contribution in [0.15, 0.2) is 24.5 Å². The Morgan fingerprint density at radius 1 is 1.58 bits per heavy atom. The first-order valence-electron chi connectivity index (χ1n) is 3.49. The zero-order valence-electron chi connectivity index (χ0n) is 6.49. The molecule has 2 heterocycles. The molecular weight excluding hydrogens is 176 g/mol. The van der Waals surface area contributed by atoms with Gasteiger partial charge >= 0.3 is 0 Å². The number of methoxy groups -OCH3 is 1. The first-order chi connectivity index (χ1) is 5.83. The molecular formula is C8H7ClN2O. The smallest absolute Gasteiger partial charge is 0.146 e. The minimum atomic E-state index is 0.604. The molecule has 0 aliphatic heterocycles. The number of fused-ring (bicyclic) bond motifs is 1. The van der Waals surface area contributed by atoms with Crippen molar-refractivity contribution < 1.29 is 4.74 Å². The van der Waals surface area contributed by atoms with Gasteiger partial charge in [-0.1, -0.05) is 11.6 Å². The van der Waals surface area contributed by atoms with Crippen LogP contribution < -0.4 is 4.74 Å². The highest BCUT2D eigenvalue weighted by Crippen LogP contribution is 2.25. The van der Waals surface area contributed by atoms with Gasteiger partial charge in [0.25, 0.3) is 0 Å². The SMILES string of the molecule is COc1cccn2ncc(Cl)c12. The van der Waals surface area contributed by atoms with E-state index < -0.39 is 0 Å². The van der Waals surface area contributed by atoms with Crippen molar-refractivity contribution in [2.75, 3.05) is 7.11 Å². The molecule has 12 heavy (non-hydrogen) atoms. The van der Waals surface area contributed by atoms with E-state index in [1.807, 2.05) is 18.3 Å². The second-order valence-corrected chi connectivity index (χ2v) is 2.77. The number of ether oxygens (including phenoxy) is 1. The third kappa shape index (κ3) is 0.940. The summed E-state index contributed by atoms with van der Waals surface area (Å²) in [7, 11) is 1.61. The Kier molecular flexibility index (Phi) is 1.66. The summed E-state index contributed by atoms with van der Waals surface area (Å²) in [4.78, 5) is 0. The maximum atomic E-state index is 5.89. The Labute approximate surface area is 74.5 Å². The Balaban J connectivity index is 2.84. The summed E-state index contributed by atoms with van der Waals surface area (Å²) >= 11 is 5.89. The Morgan fingerprint density at radius 3 is 3.17 bits per heavy atom. The van der Waals surface area contributed by atoms with E-state index in [-0.39, 0.29) is 0 Å². The molecule has 0 N–H and O–H groups in total. The molecule has 0 saturated heterocycles. The minimum absolute atomic E-state index is 0.604. The van der Waals surface area contributed by atoms with Crippen LogP contribution in [0.2, 0.25) is 5.02 Å². The Hall–Kier alpha value is -1.22. The quantitative estimate of drug-likeness (QED) is 0.675. The number of hydrogen-bond donors (Lipinski definition) is 0. The highest BCUT2D eigenvalue weighted by Gasteiger charge is 2.05. The van der Waals surface area contributed by atoms with Gasteiger partial charge in [-0.25, -0.2) is 4.52 Å². The molecule has 2 rings (SSSR count). The van der Waals surface area contributed by atoms with Gasteiger partial charge in [0.05, 0.1) is 18.3 Å². The van der Waals surface area contributed by atoms with E-state index in [1.54, 1.807) is 17.8 Å². The third-order valence-electron chi connectivity index (χ3n) is 1.68. The fraction of sp³-hybridized carbons (Fsp3) is 0.125. The van der Waals surface area contributed by atoms with Crippen LogP contribution in [0.3, 0.4) is 0 Å². The fourth-order valence-corrected chi connectivity index (χ4v) is 1.36. The van der Waals surface area contributed by atoms with Crippen molar-refractivity contribution in [3.8, 4) is 5.75 Å². The number of halogens is 1. The second-order valence-electron chi connectivity index (χ2n) is 2.36. The van der Waals surface area contributed by atoms with Gasteiger partial charge in [0.15, 0.2) is 0 Å². The van der Waals surface area contributed by atoms with E-state index in [0.717, 1.165) is 11.3 Å². The summed E-state index contributed by atoms with van der Waals surface area (Å²) in [6.07, 6.45) is 3.42. The third-order valence-corrected chi connectivity index (χ3v) is 1.96. The summed E-state index contributed by atoms with van der Waals surface area (Å²) in [5.41, 5.74) is 0.807. The molecule has 0 radical (unpaired) electrons. The van der Waals surface area contributed by atoms with E-state index in [0.29, 0.717) is 5.02 Å². The van der Waals surface area contributed by atoms with Crippen molar-refractivity contribution >= 4 is 17.1 Å². The Morgan fingerprint density at radius 2 is 2.42 bits per heavy atom. The molecule has 3 nitrogen and oxygen atoms in total. The number of nitrogens with zero attached hydrogens (tertiary/aromatic N) is 2. The predicted octanol–water partition coefficient (Wildman–Crippen LogP) is 2.00. The normalized spacial score (nSPS) is 10.5.